The number of anilines is 1. The monoisotopic (exact) mass is 245 g/mol. The highest BCUT2D eigenvalue weighted by atomic mass is 16.5. The number of methoxy groups -OCH3 is 1. The van der Waals surface area contributed by atoms with E-state index < -0.39 is 0 Å². The van der Waals surface area contributed by atoms with Crippen LogP contribution >= 0.6 is 0 Å². The van der Waals surface area contributed by atoms with Crippen LogP contribution in [0.3, 0.4) is 0 Å². The highest BCUT2D eigenvalue weighted by molar-refractivity contribution is 5.92. The zero-order valence-corrected chi connectivity index (χ0v) is 10.4. The molecule has 5 nitrogen and oxygen atoms in total. The number of aromatic nitrogens is 2. The molecule has 0 spiro atoms. The van der Waals surface area contributed by atoms with Crippen molar-refractivity contribution in [2.45, 2.75) is 13.5 Å². The number of ether oxygens (including phenoxy) is 1. The Balaban J connectivity index is 2.05. The molecule has 94 valence electrons. The van der Waals surface area contributed by atoms with Gasteiger partial charge in [-0.3, -0.25) is 9.48 Å². The summed E-state index contributed by atoms with van der Waals surface area (Å²) in [6, 6.07) is 9.15. The lowest BCUT2D eigenvalue weighted by Gasteiger charge is -2.10. The number of carbonyl (C=O) groups excluding carboxylic acids is 1. The first kappa shape index (κ1) is 12.2. The Morgan fingerprint density at radius 2 is 2.17 bits per heavy atom. The van der Waals surface area contributed by atoms with E-state index in [0.29, 0.717) is 11.4 Å². The van der Waals surface area contributed by atoms with Crippen molar-refractivity contribution in [2.75, 3.05) is 12.4 Å². The van der Waals surface area contributed by atoms with Crippen LogP contribution < -0.4 is 10.1 Å². The summed E-state index contributed by atoms with van der Waals surface area (Å²) in [5, 5.41) is 6.87. The van der Waals surface area contributed by atoms with E-state index in [9.17, 15) is 4.79 Å². The van der Waals surface area contributed by atoms with Crippen LogP contribution in [0.5, 0.6) is 5.75 Å². The van der Waals surface area contributed by atoms with E-state index in [0.717, 1.165) is 5.69 Å². The van der Waals surface area contributed by atoms with Gasteiger partial charge in [0, 0.05) is 11.9 Å². The highest BCUT2D eigenvalue weighted by Gasteiger charge is 2.08. The first-order valence-electron chi connectivity index (χ1n) is 5.62. The lowest BCUT2D eigenvalue weighted by atomic mass is 10.3. The smallest absolute Gasteiger partial charge is 0.246 e. The molecule has 0 saturated heterocycles. The van der Waals surface area contributed by atoms with Gasteiger partial charge in [0.15, 0.2) is 0 Å². The maximum Gasteiger partial charge on any atom is 0.246 e. The van der Waals surface area contributed by atoms with E-state index in [-0.39, 0.29) is 12.5 Å². The molecular weight excluding hydrogens is 230 g/mol. The summed E-state index contributed by atoms with van der Waals surface area (Å²) in [5.74, 6) is 0.509. The normalized spacial score (nSPS) is 10.1. The van der Waals surface area contributed by atoms with E-state index in [1.807, 2.05) is 25.1 Å². The molecule has 0 aliphatic carbocycles. The Bertz CT molecular complexity index is 549. The summed E-state index contributed by atoms with van der Waals surface area (Å²) in [7, 11) is 1.57. The van der Waals surface area contributed by atoms with E-state index >= 15 is 0 Å². The number of benzene rings is 1. The quantitative estimate of drug-likeness (QED) is 0.894. The first-order valence-corrected chi connectivity index (χ1v) is 5.62. The maximum atomic E-state index is 11.9. The van der Waals surface area contributed by atoms with Gasteiger partial charge in [-0.25, -0.2) is 0 Å². The third-order valence-electron chi connectivity index (χ3n) is 2.60. The van der Waals surface area contributed by atoms with Gasteiger partial charge in [-0.1, -0.05) is 12.1 Å². The molecule has 0 aliphatic rings. The molecule has 0 radical (unpaired) electrons. The van der Waals surface area contributed by atoms with Crippen LogP contribution in [0.15, 0.2) is 36.5 Å². The molecule has 5 heteroatoms. The second kappa shape index (κ2) is 5.35. The Kier molecular flexibility index (Phi) is 3.62. The minimum absolute atomic E-state index is 0.133. The summed E-state index contributed by atoms with van der Waals surface area (Å²) >= 11 is 0. The van der Waals surface area contributed by atoms with Crippen LogP contribution in [0.25, 0.3) is 0 Å². The third kappa shape index (κ3) is 2.68. The molecule has 0 saturated carbocycles. The predicted octanol–water partition coefficient (Wildman–Crippen LogP) is 1.84. The number of carbonyl (C=O) groups is 1. The van der Waals surface area contributed by atoms with Gasteiger partial charge < -0.3 is 10.1 Å². The van der Waals surface area contributed by atoms with Crippen molar-refractivity contribution in [3.8, 4) is 5.75 Å². The molecule has 0 unspecified atom stereocenters. The standard InChI is InChI=1S/C13H15N3O2/c1-10-7-8-14-16(10)9-13(17)15-11-5-3-4-6-12(11)18-2/h3-8H,9H2,1-2H3,(H,15,17). The lowest BCUT2D eigenvalue weighted by molar-refractivity contribution is -0.116. The van der Waals surface area contributed by atoms with Crippen molar-refractivity contribution in [3.05, 3.63) is 42.2 Å². The Hall–Kier alpha value is -2.30. The molecule has 1 aromatic heterocycles. The number of aryl methyl sites for hydroxylation is 1. The molecule has 2 aromatic rings. The fraction of sp³-hybridized carbons (Fsp3) is 0.231. The average Bonchev–Trinajstić information content (AvgIpc) is 2.75. The number of amides is 1. The molecule has 0 aliphatic heterocycles. The van der Waals surface area contributed by atoms with Gasteiger partial charge in [0.2, 0.25) is 5.91 Å². The summed E-state index contributed by atoms with van der Waals surface area (Å²) in [4.78, 5) is 11.9. The third-order valence-corrected chi connectivity index (χ3v) is 2.60. The van der Waals surface area contributed by atoms with Crippen molar-refractivity contribution in [1.82, 2.24) is 9.78 Å². The average molecular weight is 245 g/mol. The van der Waals surface area contributed by atoms with Crippen LogP contribution in [-0.2, 0) is 11.3 Å². The van der Waals surface area contributed by atoms with Crippen molar-refractivity contribution in [2.24, 2.45) is 0 Å². The van der Waals surface area contributed by atoms with Gasteiger partial charge in [0.25, 0.3) is 0 Å². The highest BCUT2D eigenvalue weighted by Crippen LogP contribution is 2.22. The zero-order chi connectivity index (χ0) is 13.0. The predicted molar refractivity (Wildman–Crippen MR) is 68.6 cm³/mol. The molecular formula is C13H15N3O2. The number of rotatable bonds is 4. The van der Waals surface area contributed by atoms with E-state index in [1.54, 1.807) is 30.1 Å². The van der Waals surface area contributed by atoms with Gasteiger partial charge in [0.05, 0.1) is 12.8 Å². The van der Waals surface area contributed by atoms with E-state index in [4.69, 9.17) is 4.74 Å². The number of nitrogens with zero attached hydrogens (tertiary/aromatic N) is 2. The van der Waals surface area contributed by atoms with Gasteiger partial charge in [-0.05, 0) is 25.1 Å². The van der Waals surface area contributed by atoms with Crippen molar-refractivity contribution >= 4 is 11.6 Å². The first-order chi connectivity index (χ1) is 8.70. The Labute approximate surface area is 105 Å². The molecule has 1 aromatic carbocycles. The van der Waals surface area contributed by atoms with Crippen LogP contribution in [-0.4, -0.2) is 22.8 Å². The van der Waals surface area contributed by atoms with Crippen LogP contribution in [0, 0.1) is 6.92 Å². The molecule has 1 amide bonds. The van der Waals surface area contributed by atoms with Crippen LogP contribution in [0.2, 0.25) is 0 Å². The van der Waals surface area contributed by atoms with Crippen molar-refractivity contribution in [1.29, 1.82) is 0 Å². The summed E-state index contributed by atoms with van der Waals surface area (Å²) in [5.41, 5.74) is 1.61. The number of hydrogen-bond acceptors (Lipinski definition) is 3. The molecule has 1 N–H and O–H groups in total. The summed E-state index contributed by atoms with van der Waals surface area (Å²) < 4.78 is 6.81. The fourth-order valence-electron chi connectivity index (χ4n) is 1.64. The van der Waals surface area contributed by atoms with Gasteiger partial charge in [0.1, 0.15) is 12.3 Å². The topological polar surface area (TPSA) is 56.1 Å². The van der Waals surface area contributed by atoms with Gasteiger partial charge in [-0.2, -0.15) is 5.10 Å². The maximum absolute atomic E-state index is 11.9. The largest absolute Gasteiger partial charge is 0.495 e. The van der Waals surface area contributed by atoms with Gasteiger partial charge in [-0.15, -0.1) is 0 Å². The molecule has 0 fully saturated rings. The Morgan fingerprint density at radius 1 is 1.39 bits per heavy atom. The van der Waals surface area contributed by atoms with Crippen molar-refractivity contribution in [3.63, 3.8) is 0 Å². The number of hydrogen-bond donors (Lipinski definition) is 1. The SMILES string of the molecule is COc1ccccc1NC(=O)Cn1nccc1C. The minimum atomic E-state index is -0.133. The second-order valence-electron chi connectivity index (χ2n) is 3.88. The van der Waals surface area contributed by atoms with E-state index in [1.165, 1.54) is 0 Å². The molecule has 0 bridgehead atoms. The second-order valence-corrected chi connectivity index (χ2v) is 3.88. The molecule has 1 heterocycles. The van der Waals surface area contributed by atoms with E-state index in [2.05, 4.69) is 10.4 Å². The number of nitrogens with one attached hydrogen (secondary N) is 1. The fourth-order valence-corrected chi connectivity index (χ4v) is 1.64. The summed E-state index contributed by atoms with van der Waals surface area (Å²) in [6.45, 7) is 2.10. The number of para-hydroxylation sites is 2. The van der Waals surface area contributed by atoms with Crippen molar-refractivity contribution < 1.29 is 9.53 Å². The Morgan fingerprint density at radius 3 is 2.83 bits per heavy atom. The summed E-state index contributed by atoms with van der Waals surface area (Å²) in [6.07, 6.45) is 1.67. The molecule has 0 atom stereocenters. The van der Waals surface area contributed by atoms with Crippen LogP contribution in [0.4, 0.5) is 5.69 Å². The lowest BCUT2D eigenvalue weighted by Crippen LogP contribution is -2.20. The van der Waals surface area contributed by atoms with Crippen LogP contribution in [0.1, 0.15) is 5.69 Å². The molecule has 18 heavy (non-hydrogen) atoms. The van der Waals surface area contributed by atoms with Gasteiger partial charge >= 0.3 is 0 Å². The molecule has 2 rings (SSSR count). The zero-order valence-electron chi connectivity index (χ0n) is 10.4. The minimum Gasteiger partial charge on any atom is -0.495 e.